The molecule has 48 valence electrons. The highest BCUT2D eigenvalue weighted by Crippen LogP contribution is 2.11. The van der Waals surface area contributed by atoms with Gasteiger partial charge in [-0.25, -0.2) is 0 Å². The van der Waals surface area contributed by atoms with Crippen LogP contribution in [0.2, 0.25) is 0 Å². The molecule has 0 bridgehead atoms. The van der Waals surface area contributed by atoms with Crippen LogP contribution < -0.4 is 0 Å². The van der Waals surface area contributed by atoms with Crippen molar-refractivity contribution < 1.29 is 0 Å². The van der Waals surface area contributed by atoms with E-state index in [1.807, 2.05) is 11.9 Å². The van der Waals surface area contributed by atoms with E-state index in [-0.39, 0.29) is 0 Å². The standard InChI is InChI=1S/C5H12N2S/c1-6-3-4-7(2)8-5-6/h3-5H2,1-2H3. The summed E-state index contributed by atoms with van der Waals surface area (Å²) in [5.41, 5.74) is 0. The van der Waals surface area contributed by atoms with Gasteiger partial charge in [0, 0.05) is 13.1 Å². The van der Waals surface area contributed by atoms with Crippen LogP contribution in [0.15, 0.2) is 0 Å². The molecular formula is C5H12N2S. The van der Waals surface area contributed by atoms with Crippen LogP contribution in [0.4, 0.5) is 0 Å². The van der Waals surface area contributed by atoms with Gasteiger partial charge >= 0.3 is 0 Å². The third-order valence-corrected chi connectivity index (χ3v) is 2.47. The number of likely N-dealkylation sites (N-methyl/N-ethyl adjacent to an activating group) is 2. The minimum absolute atomic E-state index is 1.15. The molecule has 1 rings (SSSR count). The third-order valence-electron chi connectivity index (χ3n) is 1.30. The Hall–Kier alpha value is 0.270. The van der Waals surface area contributed by atoms with E-state index in [9.17, 15) is 0 Å². The number of rotatable bonds is 0. The predicted octanol–water partition coefficient (Wildman–Crippen LogP) is 0.469. The topological polar surface area (TPSA) is 6.48 Å². The monoisotopic (exact) mass is 132 g/mol. The lowest BCUT2D eigenvalue weighted by Crippen LogP contribution is -2.34. The van der Waals surface area contributed by atoms with Crippen LogP contribution in [0.1, 0.15) is 0 Å². The van der Waals surface area contributed by atoms with E-state index in [2.05, 4.69) is 23.3 Å². The molecular weight excluding hydrogens is 120 g/mol. The van der Waals surface area contributed by atoms with Crippen LogP contribution in [0.25, 0.3) is 0 Å². The first-order valence-electron chi connectivity index (χ1n) is 2.81. The quantitative estimate of drug-likeness (QED) is 0.442. The summed E-state index contributed by atoms with van der Waals surface area (Å²) in [4.78, 5) is 2.32. The molecule has 3 heteroatoms. The van der Waals surface area contributed by atoms with Crippen molar-refractivity contribution in [2.75, 3.05) is 33.1 Å². The molecule has 0 atom stereocenters. The fourth-order valence-corrected chi connectivity index (χ4v) is 1.37. The maximum Gasteiger partial charge on any atom is 0.0590 e. The molecule has 1 heterocycles. The summed E-state index contributed by atoms with van der Waals surface area (Å²) < 4.78 is 2.28. The van der Waals surface area contributed by atoms with E-state index >= 15 is 0 Å². The maximum absolute atomic E-state index is 2.32. The summed E-state index contributed by atoms with van der Waals surface area (Å²) in [5, 5.41) is 0. The smallest absolute Gasteiger partial charge is 0.0590 e. The van der Waals surface area contributed by atoms with Gasteiger partial charge in [0.05, 0.1) is 5.88 Å². The molecule has 0 aliphatic carbocycles. The first-order valence-corrected chi connectivity index (χ1v) is 3.76. The Labute approximate surface area is 55.0 Å². The van der Waals surface area contributed by atoms with Crippen LogP contribution in [-0.4, -0.2) is 42.3 Å². The second-order valence-corrected chi connectivity index (χ2v) is 3.33. The minimum atomic E-state index is 1.15. The van der Waals surface area contributed by atoms with Gasteiger partial charge in [-0.1, -0.05) is 11.9 Å². The van der Waals surface area contributed by atoms with Crippen molar-refractivity contribution in [2.45, 2.75) is 0 Å². The molecule has 0 unspecified atom stereocenters. The van der Waals surface area contributed by atoms with Gasteiger partial charge in [-0.05, 0) is 14.1 Å². The largest absolute Gasteiger partial charge is 0.295 e. The van der Waals surface area contributed by atoms with Crippen molar-refractivity contribution in [1.29, 1.82) is 0 Å². The van der Waals surface area contributed by atoms with Crippen LogP contribution in [0.3, 0.4) is 0 Å². The maximum atomic E-state index is 2.32. The van der Waals surface area contributed by atoms with Gasteiger partial charge in [0.25, 0.3) is 0 Å². The molecule has 0 aromatic rings. The Morgan fingerprint density at radius 3 is 2.38 bits per heavy atom. The van der Waals surface area contributed by atoms with E-state index in [0.29, 0.717) is 0 Å². The van der Waals surface area contributed by atoms with Gasteiger partial charge in [0.1, 0.15) is 0 Å². The van der Waals surface area contributed by atoms with Gasteiger partial charge in [-0.2, -0.15) is 0 Å². The lowest BCUT2D eigenvalue weighted by atomic mass is 10.6. The van der Waals surface area contributed by atoms with Crippen LogP contribution >= 0.6 is 11.9 Å². The lowest BCUT2D eigenvalue weighted by molar-refractivity contribution is 0.333. The molecule has 1 aliphatic rings. The highest BCUT2D eigenvalue weighted by atomic mass is 32.2. The Morgan fingerprint density at radius 1 is 1.25 bits per heavy atom. The Bertz CT molecular complexity index is 58.8. The zero-order chi connectivity index (χ0) is 5.98. The van der Waals surface area contributed by atoms with Crippen molar-refractivity contribution in [3.05, 3.63) is 0 Å². The summed E-state index contributed by atoms with van der Waals surface area (Å²) in [7, 11) is 4.29. The molecule has 0 N–H and O–H groups in total. The molecule has 0 saturated carbocycles. The van der Waals surface area contributed by atoms with Crippen molar-refractivity contribution in [1.82, 2.24) is 9.21 Å². The molecule has 1 aliphatic heterocycles. The second kappa shape index (κ2) is 2.71. The van der Waals surface area contributed by atoms with E-state index in [1.165, 1.54) is 13.1 Å². The molecule has 0 spiro atoms. The van der Waals surface area contributed by atoms with E-state index < -0.39 is 0 Å². The molecule has 0 radical (unpaired) electrons. The summed E-state index contributed by atoms with van der Waals surface area (Å²) >= 11 is 1.89. The molecule has 0 aromatic carbocycles. The fourth-order valence-electron chi connectivity index (χ4n) is 0.638. The summed E-state index contributed by atoms with van der Waals surface area (Å²) in [6.45, 7) is 2.41. The van der Waals surface area contributed by atoms with Crippen LogP contribution in [0.5, 0.6) is 0 Å². The summed E-state index contributed by atoms with van der Waals surface area (Å²) in [6, 6.07) is 0. The van der Waals surface area contributed by atoms with Crippen molar-refractivity contribution in [2.24, 2.45) is 0 Å². The molecule has 1 fully saturated rings. The highest BCUT2D eigenvalue weighted by molar-refractivity contribution is 7.96. The summed E-state index contributed by atoms with van der Waals surface area (Å²) in [6.07, 6.45) is 0. The fraction of sp³-hybridized carbons (Fsp3) is 1.00. The molecule has 1 saturated heterocycles. The molecule has 2 nitrogen and oxygen atoms in total. The SMILES string of the molecule is CN1CCN(C)SC1. The Morgan fingerprint density at radius 2 is 2.00 bits per heavy atom. The van der Waals surface area contributed by atoms with Crippen molar-refractivity contribution in [3.8, 4) is 0 Å². The highest BCUT2D eigenvalue weighted by Gasteiger charge is 2.08. The number of hydrogen-bond acceptors (Lipinski definition) is 3. The van der Waals surface area contributed by atoms with Gasteiger partial charge in [-0.3, -0.25) is 9.21 Å². The summed E-state index contributed by atoms with van der Waals surface area (Å²) in [5.74, 6) is 1.15. The zero-order valence-corrected chi connectivity index (χ0v) is 6.24. The Balaban J connectivity index is 2.19. The second-order valence-electron chi connectivity index (χ2n) is 2.19. The number of hydrogen-bond donors (Lipinski definition) is 0. The van der Waals surface area contributed by atoms with Crippen LogP contribution in [-0.2, 0) is 0 Å². The van der Waals surface area contributed by atoms with Gasteiger partial charge in [0.15, 0.2) is 0 Å². The van der Waals surface area contributed by atoms with Crippen LogP contribution in [0, 0.1) is 0 Å². The van der Waals surface area contributed by atoms with Crippen molar-refractivity contribution >= 4 is 11.9 Å². The average molecular weight is 132 g/mol. The average Bonchev–Trinajstić information content (AvgIpc) is 1.77. The normalized spacial score (nSPS) is 26.2. The third kappa shape index (κ3) is 1.65. The van der Waals surface area contributed by atoms with Gasteiger partial charge < -0.3 is 0 Å². The minimum Gasteiger partial charge on any atom is -0.295 e. The zero-order valence-electron chi connectivity index (χ0n) is 5.42. The molecule has 8 heavy (non-hydrogen) atoms. The molecule has 0 aromatic heterocycles. The van der Waals surface area contributed by atoms with E-state index in [1.54, 1.807) is 0 Å². The Kier molecular flexibility index (Phi) is 2.16. The first kappa shape index (κ1) is 6.39. The lowest BCUT2D eigenvalue weighted by Gasteiger charge is -2.27. The van der Waals surface area contributed by atoms with Crippen molar-refractivity contribution in [3.63, 3.8) is 0 Å². The van der Waals surface area contributed by atoms with E-state index in [4.69, 9.17) is 0 Å². The van der Waals surface area contributed by atoms with Gasteiger partial charge in [-0.15, -0.1) is 0 Å². The van der Waals surface area contributed by atoms with E-state index in [0.717, 1.165) is 5.88 Å². The first-order chi connectivity index (χ1) is 3.79. The molecule has 0 amide bonds. The van der Waals surface area contributed by atoms with Gasteiger partial charge in [0.2, 0.25) is 0 Å². The number of nitrogens with zero attached hydrogens (tertiary/aromatic N) is 2. The predicted molar refractivity (Wildman–Crippen MR) is 37.7 cm³/mol.